The van der Waals surface area contributed by atoms with Gasteiger partial charge in [-0.2, -0.15) is 5.10 Å². The van der Waals surface area contributed by atoms with Crippen LogP contribution in [0.15, 0.2) is 36.4 Å². The van der Waals surface area contributed by atoms with E-state index in [1.165, 1.54) is 7.11 Å². The first-order valence-electron chi connectivity index (χ1n) is 15.0. The second-order valence-electron chi connectivity index (χ2n) is 12.8. The lowest BCUT2D eigenvalue weighted by atomic mass is 10.00. The van der Waals surface area contributed by atoms with Gasteiger partial charge in [0, 0.05) is 37.2 Å². The molecule has 0 fully saturated rings. The highest BCUT2D eigenvalue weighted by atomic mass is 35.5. The fourth-order valence-corrected chi connectivity index (χ4v) is 6.74. The fraction of sp³-hybridized carbons (Fsp3) is 0.471. The number of ether oxygens (including phenoxy) is 3. The van der Waals surface area contributed by atoms with Crippen molar-refractivity contribution >= 4 is 36.8 Å². The van der Waals surface area contributed by atoms with Gasteiger partial charge < -0.3 is 23.2 Å². The normalized spacial score (nSPS) is 12.2. The number of fused-ring (bicyclic) bond motifs is 1. The third kappa shape index (κ3) is 6.76. The molecule has 0 bridgehead atoms. The Morgan fingerprint density at radius 3 is 2.30 bits per heavy atom. The highest BCUT2D eigenvalue weighted by molar-refractivity contribution is 6.74. The van der Waals surface area contributed by atoms with Gasteiger partial charge in [0.25, 0.3) is 0 Å². The minimum atomic E-state index is -1.88. The van der Waals surface area contributed by atoms with Crippen LogP contribution in [0.3, 0.4) is 0 Å². The quantitative estimate of drug-likeness (QED) is 0.0888. The van der Waals surface area contributed by atoms with Crippen molar-refractivity contribution < 1.29 is 23.4 Å². The molecular formula is C34H46ClN3O5Si. The number of hydrogen-bond donors (Lipinski definition) is 0. The zero-order chi connectivity index (χ0) is 32.4. The van der Waals surface area contributed by atoms with Crippen molar-refractivity contribution in [1.29, 1.82) is 0 Å². The molecule has 0 unspecified atom stereocenters. The summed E-state index contributed by atoms with van der Waals surface area (Å²) in [5.74, 6) is 0.425. The van der Waals surface area contributed by atoms with Crippen LogP contribution in [0.5, 0.6) is 5.75 Å². The second-order valence-corrected chi connectivity index (χ2v) is 18.0. The van der Waals surface area contributed by atoms with E-state index in [0.29, 0.717) is 37.0 Å². The number of halogens is 1. The summed E-state index contributed by atoms with van der Waals surface area (Å²) in [6.07, 6.45) is 1.45. The Morgan fingerprint density at radius 2 is 1.68 bits per heavy atom. The summed E-state index contributed by atoms with van der Waals surface area (Å²) in [5, 5.41) is 6.41. The lowest BCUT2D eigenvalue weighted by molar-refractivity contribution is 0.0589. The van der Waals surface area contributed by atoms with Crippen LogP contribution in [-0.4, -0.2) is 49.5 Å². The summed E-state index contributed by atoms with van der Waals surface area (Å²) in [5.41, 5.74) is 6.83. The van der Waals surface area contributed by atoms with Crippen molar-refractivity contribution in [1.82, 2.24) is 14.3 Å². The van der Waals surface area contributed by atoms with Gasteiger partial charge in [-0.15, -0.1) is 0 Å². The van der Waals surface area contributed by atoms with Crippen LogP contribution in [-0.2, 0) is 47.6 Å². The molecule has 0 aliphatic heterocycles. The fourth-order valence-electron chi connectivity index (χ4n) is 5.41. The molecule has 238 valence electrons. The highest BCUT2D eigenvalue weighted by Gasteiger charge is 2.37. The van der Waals surface area contributed by atoms with Gasteiger partial charge in [0.05, 0.1) is 49.4 Å². The van der Waals surface area contributed by atoms with Crippen molar-refractivity contribution in [3.63, 3.8) is 0 Å². The van der Waals surface area contributed by atoms with Crippen molar-refractivity contribution in [3.8, 4) is 17.0 Å². The average molecular weight is 640 g/mol. The minimum Gasteiger partial charge on any atom is -0.497 e. The van der Waals surface area contributed by atoms with E-state index in [-0.39, 0.29) is 11.0 Å². The zero-order valence-electron chi connectivity index (χ0n) is 27.8. The molecule has 0 amide bonds. The van der Waals surface area contributed by atoms with Crippen LogP contribution >= 0.6 is 11.6 Å². The molecule has 2 aromatic carbocycles. The number of hydrogen-bond acceptors (Lipinski definition) is 6. The summed E-state index contributed by atoms with van der Waals surface area (Å²) in [6.45, 7) is 14.6. The first kappa shape index (κ1) is 33.8. The Balaban J connectivity index is 1.72. The highest BCUT2D eigenvalue weighted by Crippen LogP contribution is 2.42. The number of methoxy groups -OCH3 is 2. The molecule has 0 aliphatic rings. The molecule has 2 heterocycles. The third-order valence-electron chi connectivity index (χ3n) is 8.88. The van der Waals surface area contributed by atoms with Crippen molar-refractivity contribution in [2.24, 2.45) is 14.1 Å². The summed E-state index contributed by atoms with van der Waals surface area (Å²) >= 11 is 6.98. The maximum Gasteiger partial charge on any atom is 0.354 e. The monoisotopic (exact) mass is 639 g/mol. The van der Waals surface area contributed by atoms with Gasteiger partial charge in [0.15, 0.2) is 8.32 Å². The van der Waals surface area contributed by atoms with Gasteiger partial charge in [0.2, 0.25) is 0 Å². The van der Waals surface area contributed by atoms with E-state index in [1.807, 2.05) is 66.7 Å². The molecule has 0 aliphatic carbocycles. The topological polar surface area (TPSA) is 76.7 Å². The molecule has 10 heteroatoms. The van der Waals surface area contributed by atoms with E-state index in [9.17, 15) is 4.79 Å². The van der Waals surface area contributed by atoms with Crippen LogP contribution in [0.4, 0.5) is 0 Å². The molecule has 2 aromatic heterocycles. The van der Waals surface area contributed by atoms with E-state index < -0.39 is 8.32 Å². The average Bonchev–Trinajstić information content (AvgIpc) is 3.41. The van der Waals surface area contributed by atoms with Crippen molar-refractivity contribution in [3.05, 3.63) is 69.5 Å². The Bertz CT molecular complexity index is 1630. The molecule has 8 nitrogen and oxygen atoms in total. The predicted octanol–water partition coefficient (Wildman–Crippen LogP) is 8.01. The summed E-state index contributed by atoms with van der Waals surface area (Å²) < 4.78 is 26.9. The van der Waals surface area contributed by atoms with E-state index in [1.54, 1.807) is 7.11 Å². The molecule has 44 heavy (non-hydrogen) atoms. The maximum absolute atomic E-state index is 13.2. The predicted molar refractivity (Wildman–Crippen MR) is 179 cm³/mol. The maximum atomic E-state index is 13.2. The summed E-state index contributed by atoms with van der Waals surface area (Å²) in [4.78, 5) is 13.2. The molecule has 0 spiro atoms. The smallest absolute Gasteiger partial charge is 0.354 e. The van der Waals surface area contributed by atoms with Crippen LogP contribution < -0.4 is 4.74 Å². The molecule has 0 radical (unpaired) electrons. The Morgan fingerprint density at radius 1 is 1.00 bits per heavy atom. The van der Waals surface area contributed by atoms with Crippen LogP contribution in [0.2, 0.25) is 23.2 Å². The van der Waals surface area contributed by atoms with E-state index in [0.717, 1.165) is 56.7 Å². The second kappa shape index (κ2) is 13.5. The van der Waals surface area contributed by atoms with Gasteiger partial charge in [-0.05, 0) is 67.2 Å². The van der Waals surface area contributed by atoms with E-state index in [2.05, 4.69) is 33.9 Å². The van der Waals surface area contributed by atoms with Gasteiger partial charge in [-0.25, -0.2) is 4.79 Å². The van der Waals surface area contributed by atoms with Gasteiger partial charge in [0.1, 0.15) is 11.4 Å². The SMILES string of the molecule is COC(=O)c1c(CCCO[Si](C)(C)C(C)(C)C)c2ccc(Cl)c(-c3c(COCc4ccc(OC)cc4)c(C)nn3C)c2n1C. The molecule has 0 atom stereocenters. The number of rotatable bonds is 12. The molecule has 0 N–H and O–H groups in total. The summed E-state index contributed by atoms with van der Waals surface area (Å²) in [6, 6.07) is 11.7. The zero-order valence-corrected chi connectivity index (χ0v) is 29.5. The Labute approximate surface area is 267 Å². The van der Waals surface area contributed by atoms with Crippen LogP contribution in [0.1, 0.15) is 60.1 Å². The lowest BCUT2D eigenvalue weighted by Crippen LogP contribution is -2.41. The van der Waals surface area contributed by atoms with Gasteiger partial charge in [-0.1, -0.05) is 50.6 Å². The van der Waals surface area contributed by atoms with Crippen LogP contribution in [0.25, 0.3) is 22.2 Å². The number of aryl methyl sites for hydroxylation is 4. The molecule has 0 saturated heterocycles. The number of aromatic nitrogens is 3. The van der Waals surface area contributed by atoms with Crippen molar-refractivity contribution in [2.45, 2.75) is 71.9 Å². The molecule has 4 aromatic rings. The van der Waals surface area contributed by atoms with Crippen molar-refractivity contribution in [2.75, 3.05) is 20.8 Å². The number of nitrogens with zero attached hydrogens (tertiary/aromatic N) is 3. The van der Waals surface area contributed by atoms with Gasteiger partial charge >= 0.3 is 5.97 Å². The first-order chi connectivity index (χ1) is 20.7. The van der Waals surface area contributed by atoms with E-state index >= 15 is 0 Å². The number of esters is 1. The number of carbonyl (C=O) groups is 1. The van der Waals surface area contributed by atoms with Crippen LogP contribution in [0, 0.1) is 6.92 Å². The Hall–Kier alpha value is -3.11. The standard InChI is InChI=1S/C34H46ClN3O5Si/c1-22-27(21-42-20-23-13-15-24(40-7)16-14-23)31(38(6)36-22)29-28(35)18-17-26-25(32(33(39)41-8)37(5)30(26)29)12-11-19-43-44(9,10)34(2,3)4/h13-18H,11-12,19-21H2,1-10H3. The lowest BCUT2D eigenvalue weighted by Gasteiger charge is -2.36. The molecule has 4 rings (SSSR count). The Kier molecular flexibility index (Phi) is 10.3. The molecule has 0 saturated carbocycles. The number of carbonyl (C=O) groups excluding carboxylic acids is 1. The molecular weight excluding hydrogens is 594 g/mol. The van der Waals surface area contributed by atoms with E-state index in [4.69, 9.17) is 35.3 Å². The largest absolute Gasteiger partial charge is 0.497 e. The van der Waals surface area contributed by atoms with Gasteiger partial charge in [-0.3, -0.25) is 4.68 Å². The first-order valence-corrected chi connectivity index (χ1v) is 18.3. The summed E-state index contributed by atoms with van der Waals surface area (Å²) in [7, 11) is 4.99. The minimum absolute atomic E-state index is 0.132. The number of benzene rings is 2. The third-order valence-corrected chi connectivity index (χ3v) is 13.7.